The molecule has 2 amide bonds. The Labute approximate surface area is 179 Å². The minimum Gasteiger partial charge on any atom is -0.444 e. The monoisotopic (exact) mass is 427 g/mol. The van der Waals surface area contributed by atoms with Gasteiger partial charge in [0, 0.05) is 23.9 Å². The summed E-state index contributed by atoms with van der Waals surface area (Å²) in [5, 5.41) is 3.72. The van der Waals surface area contributed by atoms with Gasteiger partial charge in [-0.05, 0) is 61.3 Å². The van der Waals surface area contributed by atoms with Crippen LogP contribution < -0.4 is 5.32 Å². The van der Waals surface area contributed by atoms with E-state index in [1.165, 1.54) is 0 Å². The van der Waals surface area contributed by atoms with Crippen molar-refractivity contribution in [2.45, 2.75) is 92.3 Å². The van der Waals surface area contributed by atoms with Gasteiger partial charge in [0.15, 0.2) is 0 Å². The lowest BCUT2D eigenvalue weighted by molar-refractivity contribution is 0.0204. The number of piperidine rings is 1. The first-order chi connectivity index (χ1) is 13.3. The second-order valence-electron chi connectivity index (χ2n) is 8.83. The Balaban J connectivity index is 0.00000204. The molecule has 166 valence electrons. The summed E-state index contributed by atoms with van der Waals surface area (Å²) in [5.74, 6) is 0.834. The van der Waals surface area contributed by atoms with Gasteiger partial charge < -0.3 is 14.4 Å². The van der Waals surface area contributed by atoms with Crippen molar-refractivity contribution in [3.63, 3.8) is 0 Å². The van der Waals surface area contributed by atoms with Crippen LogP contribution in [-0.4, -0.2) is 46.4 Å². The van der Waals surface area contributed by atoms with E-state index in [4.69, 9.17) is 9.47 Å². The van der Waals surface area contributed by atoms with Crippen LogP contribution in [0.3, 0.4) is 0 Å². The standard InChI is InChI=1S/C19H31N3O4S.C2H6/c1-12-14(21-16(23)25-18(2,3)4)20-15(27-12)13-8-10-22(11-9-13)17(24)26-19(5,6)7;1-2/h13H,8-11H2,1-7H3,(H,21,23);1-2H3. The molecule has 2 rings (SSSR count). The number of nitrogens with one attached hydrogen (secondary N) is 1. The van der Waals surface area contributed by atoms with Crippen LogP contribution in [-0.2, 0) is 9.47 Å². The van der Waals surface area contributed by atoms with E-state index < -0.39 is 17.3 Å². The van der Waals surface area contributed by atoms with Crippen molar-refractivity contribution in [2.75, 3.05) is 18.4 Å². The van der Waals surface area contributed by atoms with Crippen molar-refractivity contribution >= 4 is 29.3 Å². The first-order valence-electron chi connectivity index (χ1n) is 10.3. The summed E-state index contributed by atoms with van der Waals surface area (Å²) >= 11 is 1.58. The fraction of sp³-hybridized carbons (Fsp3) is 0.762. The molecule has 1 aliphatic rings. The summed E-state index contributed by atoms with van der Waals surface area (Å²) in [5.41, 5.74) is -1.03. The van der Waals surface area contributed by atoms with Gasteiger partial charge in [-0.1, -0.05) is 13.8 Å². The van der Waals surface area contributed by atoms with Crippen molar-refractivity contribution in [1.29, 1.82) is 0 Å². The minimum atomic E-state index is -0.550. The van der Waals surface area contributed by atoms with Crippen molar-refractivity contribution in [3.8, 4) is 0 Å². The average Bonchev–Trinajstić information content (AvgIpc) is 2.94. The van der Waals surface area contributed by atoms with Crippen LogP contribution in [0.4, 0.5) is 15.4 Å². The molecule has 1 N–H and O–H groups in total. The minimum absolute atomic E-state index is 0.261. The third kappa shape index (κ3) is 8.60. The number of hydrogen-bond donors (Lipinski definition) is 1. The predicted octanol–water partition coefficient (Wildman–Crippen LogP) is 5.94. The Morgan fingerprint density at radius 1 is 1.03 bits per heavy atom. The van der Waals surface area contributed by atoms with Gasteiger partial charge in [-0.25, -0.2) is 14.6 Å². The number of amides is 2. The van der Waals surface area contributed by atoms with Crippen molar-refractivity contribution in [3.05, 3.63) is 9.88 Å². The maximum atomic E-state index is 12.2. The number of carbonyl (C=O) groups is 2. The van der Waals surface area contributed by atoms with Gasteiger partial charge >= 0.3 is 12.2 Å². The molecule has 1 saturated heterocycles. The fourth-order valence-corrected chi connectivity index (χ4v) is 3.79. The molecule has 1 aliphatic heterocycles. The van der Waals surface area contributed by atoms with Gasteiger partial charge in [-0.3, -0.25) is 5.32 Å². The van der Waals surface area contributed by atoms with Crippen molar-refractivity contribution in [2.24, 2.45) is 0 Å². The topological polar surface area (TPSA) is 80.8 Å². The summed E-state index contributed by atoms with van der Waals surface area (Å²) in [7, 11) is 0. The molecule has 2 heterocycles. The highest BCUT2D eigenvalue weighted by Gasteiger charge is 2.29. The van der Waals surface area contributed by atoms with Crippen LogP contribution in [0.15, 0.2) is 0 Å². The number of anilines is 1. The molecule has 1 aromatic heterocycles. The number of hydrogen-bond acceptors (Lipinski definition) is 6. The molecule has 0 unspecified atom stereocenters. The Bertz CT molecular complexity index is 681. The lowest BCUT2D eigenvalue weighted by Crippen LogP contribution is -2.41. The molecule has 0 aliphatic carbocycles. The van der Waals surface area contributed by atoms with Crippen LogP contribution in [0.2, 0.25) is 0 Å². The first-order valence-corrected chi connectivity index (χ1v) is 11.1. The Morgan fingerprint density at radius 3 is 2.03 bits per heavy atom. The summed E-state index contributed by atoms with van der Waals surface area (Å²) in [6.07, 6.45) is 0.904. The lowest BCUT2D eigenvalue weighted by Gasteiger charge is -2.32. The molecule has 29 heavy (non-hydrogen) atoms. The molecule has 1 fully saturated rings. The molecule has 7 nitrogen and oxygen atoms in total. The second kappa shape index (κ2) is 10.3. The van der Waals surface area contributed by atoms with Crippen LogP contribution in [0.5, 0.6) is 0 Å². The molecule has 0 bridgehead atoms. The first kappa shape index (κ1) is 25.2. The van der Waals surface area contributed by atoms with Crippen molar-refractivity contribution in [1.82, 2.24) is 9.88 Å². The summed E-state index contributed by atoms with van der Waals surface area (Å²) in [4.78, 5) is 31.5. The van der Waals surface area contributed by atoms with Crippen LogP contribution >= 0.6 is 11.3 Å². The Morgan fingerprint density at radius 2 is 1.55 bits per heavy atom. The van der Waals surface area contributed by atoms with Crippen LogP contribution in [0.25, 0.3) is 0 Å². The highest BCUT2D eigenvalue weighted by Crippen LogP contribution is 2.34. The zero-order valence-corrected chi connectivity index (χ0v) is 20.2. The van der Waals surface area contributed by atoms with Gasteiger partial charge in [0.1, 0.15) is 17.0 Å². The number of carbonyl (C=O) groups excluding carboxylic acids is 2. The van der Waals surface area contributed by atoms with E-state index in [2.05, 4.69) is 10.3 Å². The maximum Gasteiger partial charge on any atom is 0.413 e. The number of thiazole rings is 1. The normalized spacial score (nSPS) is 15.3. The van der Waals surface area contributed by atoms with Gasteiger partial charge in [-0.2, -0.15) is 0 Å². The van der Waals surface area contributed by atoms with E-state index in [1.807, 2.05) is 62.3 Å². The van der Waals surface area contributed by atoms with Crippen LogP contribution in [0, 0.1) is 6.92 Å². The second-order valence-corrected chi connectivity index (χ2v) is 10.1. The predicted molar refractivity (Wildman–Crippen MR) is 118 cm³/mol. The van der Waals surface area contributed by atoms with Crippen LogP contribution in [0.1, 0.15) is 84.0 Å². The van der Waals surface area contributed by atoms with Gasteiger partial charge in [0.25, 0.3) is 0 Å². The summed E-state index contributed by atoms with van der Waals surface area (Å²) < 4.78 is 10.7. The summed E-state index contributed by atoms with van der Waals surface area (Å²) in [6.45, 7) is 18.3. The highest BCUT2D eigenvalue weighted by molar-refractivity contribution is 7.12. The number of likely N-dealkylation sites (tertiary alicyclic amines) is 1. The molecular weight excluding hydrogens is 390 g/mol. The maximum absolute atomic E-state index is 12.2. The SMILES string of the molecule is CC.Cc1sc(C2CCN(C(=O)OC(C)(C)C)CC2)nc1NC(=O)OC(C)(C)C. The lowest BCUT2D eigenvalue weighted by atomic mass is 9.98. The van der Waals surface area contributed by atoms with E-state index in [9.17, 15) is 9.59 Å². The number of rotatable bonds is 2. The van der Waals surface area contributed by atoms with Gasteiger partial charge in [0.05, 0.1) is 5.01 Å². The van der Waals surface area contributed by atoms with Crippen molar-refractivity contribution < 1.29 is 19.1 Å². The molecule has 8 heteroatoms. The molecule has 1 aromatic rings. The molecule has 0 aromatic carbocycles. The van der Waals surface area contributed by atoms with Gasteiger partial charge in [0.2, 0.25) is 0 Å². The fourth-order valence-electron chi connectivity index (χ4n) is 2.74. The Hall–Kier alpha value is -1.83. The highest BCUT2D eigenvalue weighted by atomic mass is 32.1. The summed E-state index contributed by atoms with van der Waals surface area (Å²) in [6, 6.07) is 0. The van der Waals surface area contributed by atoms with E-state index in [-0.39, 0.29) is 12.0 Å². The number of ether oxygens (including phenoxy) is 2. The zero-order valence-electron chi connectivity index (χ0n) is 19.3. The quantitative estimate of drug-likeness (QED) is 0.632. The third-order valence-corrected chi connectivity index (χ3v) is 5.06. The molecule has 0 radical (unpaired) electrons. The molecule has 0 saturated carbocycles. The van der Waals surface area contributed by atoms with E-state index >= 15 is 0 Å². The molecule has 0 spiro atoms. The van der Waals surface area contributed by atoms with E-state index in [0.29, 0.717) is 18.9 Å². The third-order valence-electron chi connectivity index (χ3n) is 3.93. The van der Waals surface area contributed by atoms with E-state index in [1.54, 1.807) is 16.2 Å². The average molecular weight is 428 g/mol. The Kier molecular flexibility index (Phi) is 8.93. The molecule has 0 atom stereocenters. The zero-order chi connectivity index (χ0) is 22.4. The number of aromatic nitrogens is 1. The smallest absolute Gasteiger partial charge is 0.413 e. The molecular formula is C21H37N3O4S. The number of nitrogens with zero attached hydrogens (tertiary/aromatic N) is 2. The number of aryl methyl sites for hydroxylation is 1. The van der Waals surface area contributed by atoms with Gasteiger partial charge in [-0.15, -0.1) is 11.3 Å². The largest absolute Gasteiger partial charge is 0.444 e. The van der Waals surface area contributed by atoms with E-state index in [0.717, 1.165) is 22.7 Å².